The Kier molecular flexibility index (Phi) is 4.71. The lowest BCUT2D eigenvalue weighted by Crippen LogP contribution is -2.33. The van der Waals surface area contributed by atoms with Crippen molar-refractivity contribution >= 4 is 0 Å². The van der Waals surface area contributed by atoms with Crippen molar-refractivity contribution in [1.29, 1.82) is 0 Å². The van der Waals surface area contributed by atoms with E-state index in [9.17, 15) is 9.59 Å². The number of benzene rings is 1. The van der Waals surface area contributed by atoms with Gasteiger partial charge >= 0.3 is 5.69 Å². The Bertz CT molecular complexity index is 756. The molecule has 0 spiro atoms. The Morgan fingerprint density at radius 2 is 2.04 bits per heavy atom. The number of aromatic nitrogens is 2. The fourth-order valence-corrected chi connectivity index (χ4v) is 2.61. The second-order valence-corrected chi connectivity index (χ2v) is 5.55. The smallest absolute Gasteiger partial charge is 0.330 e. The van der Waals surface area contributed by atoms with Crippen LogP contribution >= 0.6 is 0 Å². The first kappa shape index (κ1) is 15.7. The predicted molar refractivity (Wildman–Crippen MR) is 83.9 cm³/mol. The minimum atomic E-state index is -0.499. The molecule has 3 rings (SSSR count). The number of hydrogen-bond donors (Lipinski definition) is 2. The first-order valence-corrected chi connectivity index (χ1v) is 7.47. The van der Waals surface area contributed by atoms with Crippen LogP contribution < -0.4 is 17.0 Å². The molecule has 0 amide bonds. The lowest BCUT2D eigenvalue weighted by atomic mass is 10.1. The maximum atomic E-state index is 11.8. The van der Waals surface area contributed by atoms with Crippen molar-refractivity contribution < 1.29 is 9.47 Å². The van der Waals surface area contributed by atoms with Gasteiger partial charge in [-0.15, -0.1) is 0 Å². The van der Waals surface area contributed by atoms with E-state index in [1.165, 1.54) is 16.8 Å². The molecule has 1 aliphatic heterocycles. The molecule has 0 bridgehead atoms. The van der Waals surface area contributed by atoms with Crippen LogP contribution in [0.5, 0.6) is 0 Å². The van der Waals surface area contributed by atoms with E-state index in [0.717, 1.165) is 5.56 Å². The normalized spacial score (nSPS) is 24.0. The molecule has 1 fully saturated rings. The standard InChI is InChI=1S/C16H19N3O4/c17-12-8-15(19-7-6-14(20)18-16(19)21)23-13(12)10-22-9-11-4-2-1-3-5-11/h1-7,12-13,15H,8-10,17H2,(H,18,20,21)/t12-,13-,15-/m1/s1. The molecule has 2 aromatic rings. The second-order valence-electron chi connectivity index (χ2n) is 5.55. The van der Waals surface area contributed by atoms with Crippen LogP contribution in [-0.4, -0.2) is 28.3 Å². The Morgan fingerprint density at radius 1 is 1.26 bits per heavy atom. The number of H-pyrrole nitrogens is 1. The van der Waals surface area contributed by atoms with Crippen molar-refractivity contribution in [2.45, 2.75) is 31.4 Å². The van der Waals surface area contributed by atoms with Crippen LogP contribution in [0.4, 0.5) is 0 Å². The number of rotatable bonds is 5. The molecule has 2 heterocycles. The van der Waals surface area contributed by atoms with E-state index in [-0.39, 0.29) is 12.1 Å². The fraction of sp³-hybridized carbons (Fsp3) is 0.375. The number of nitrogens with zero attached hydrogens (tertiary/aromatic N) is 1. The number of hydrogen-bond acceptors (Lipinski definition) is 5. The topological polar surface area (TPSA) is 99.3 Å². The van der Waals surface area contributed by atoms with E-state index >= 15 is 0 Å². The van der Waals surface area contributed by atoms with Gasteiger partial charge in [0.15, 0.2) is 0 Å². The monoisotopic (exact) mass is 317 g/mol. The molecule has 1 aliphatic rings. The SMILES string of the molecule is N[C@@H]1C[C@H](n2ccc(=O)[nH]c2=O)O[C@@H]1COCc1ccccc1. The van der Waals surface area contributed by atoms with Gasteiger partial charge in [0.25, 0.3) is 5.56 Å². The summed E-state index contributed by atoms with van der Waals surface area (Å²) in [5, 5.41) is 0. The summed E-state index contributed by atoms with van der Waals surface area (Å²) in [6, 6.07) is 10.9. The first-order valence-electron chi connectivity index (χ1n) is 7.47. The van der Waals surface area contributed by atoms with E-state index in [4.69, 9.17) is 15.2 Å². The van der Waals surface area contributed by atoms with Gasteiger partial charge in [0.1, 0.15) is 6.23 Å². The molecule has 122 valence electrons. The molecule has 1 saturated heterocycles. The van der Waals surface area contributed by atoms with Crippen LogP contribution in [0, 0.1) is 0 Å². The fourth-order valence-electron chi connectivity index (χ4n) is 2.61. The summed E-state index contributed by atoms with van der Waals surface area (Å²) in [4.78, 5) is 25.1. The molecule has 3 atom stereocenters. The van der Waals surface area contributed by atoms with Crippen LogP contribution in [0.3, 0.4) is 0 Å². The minimum Gasteiger partial charge on any atom is -0.374 e. The molecule has 1 aromatic carbocycles. The highest BCUT2D eigenvalue weighted by Crippen LogP contribution is 2.26. The van der Waals surface area contributed by atoms with Gasteiger partial charge in [0.2, 0.25) is 0 Å². The molecular formula is C16H19N3O4. The zero-order valence-electron chi connectivity index (χ0n) is 12.6. The van der Waals surface area contributed by atoms with Crippen molar-refractivity contribution in [2.24, 2.45) is 5.73 Å². The molecule has 7 heteroatoms. The third-order valence-electron chi connectivity index (χ3n) is 3.84. The van der Waals surface area contributed by atoms with Crippen LogP contribution in [-0.2, 0) is 16.1 Å². The number of aromatic amines is 1. The van der Waals surface area contributed by atoms with Gasteiger partial charge in [-0.2, -0.15) is 0 Å². The maximum absolute atomic E-state index is 11.8. The average Bonchev–Trinajstić information content (AvgIpc) is 2.89. The van der Waals surface area contributed by atoms with Crippen LogP contribution in [0.1, 0.15) is 18.2 Å². The first-order chi connectivity index (χ1) is 11.1. The largest absolute Gasteiger partial charge is 0.374 e. The summed E-state index contributed by atoms with van der Waals surface area (Å²) in [5.74, 6) is 0. The maximum Gasteiger partial charge on any atom is 0.330 e. The Morgan fingerprint density at radius 3 is 2.78 bits per heavy atom. The van der Waals surface area contributed by atoms with E-state index in [1.54, 1.807) is 0 Å². The lowest BCUT2D eigenvalue weighted by molar-refractivity contribution is -0.0488. The summed E-state index contributed by atoms with van der Waals surface area (Å²) < 4.78 is 12.8. The molecule has 1 aromatic heterocycles. The van der Waals surface area contributed by atoms with E-state index in [1.807, 2.05) is 30.3 Å². The highest BCUT2D eigenvalue weighted by atomic mass is 16.6. The summed E-state index contributed by atoms with van der Waals surface area (Å²) in [6.45, 7) is 0.835. The van der Waals surface area contributed by atoms with Gasteiger partial charge in [-0.25, -0.2) is 4.79 Å². The third kappa shape index (κ3) is 3.76. The van der Waals surface area contributed by atoms with E-state index in [0.29, 0.717) is 19.6 Å². The molecular weight excluding hydrogens is 298 g/mol. The van der Waals surface area contributed by atoms with Crippen LogP contribution in [0.2, 0.25) is 0 Å². The Hall–Kier alpha value is -2.22. The summed E-state index contributed by atoms with van der Waals surface area (Å²) in [6.07, 6.45) is 1.14. The quantitative estimate of drug-likeness (QED) is 0.830. The van der Waals surface area contributed by atoms with Crippen LogP contribution in [0.15, 0.2) is 52.2 Å². The lowest BCUT2D eigenvalue weighted by Gasteiger charge is -2.16. The molecule has 3 N–H and O–H groups in total. The zero-order chi connectivity index (χ0) is 16.2. The molecule has 23 heavy (non-hydrogen) atoms. The number of nitrogens with one attached hydrogen (secondary N) is 1. The summed E-state index contributed by atoms with van der Waals surface area (Å²) in [5.41, 5.74) is 6.22. The van der Waals surface area contributed by atoms with Gasteiger partial charge in [0.05, 0.1) is 19.3 Å². The minimum absolute atomic E-state index is 0.227. The summed E-state index contributed by atoms with van der Waals surface area (Å²) >= 11 is 0. The molecule has 0 aliphatic carbocycles. The van der Waals surface area contributed by atoms with Gasteiger partial charge in [-0.1, -0.05) is 30.3 Å². The number of nitrogens with two attached hydrogens (primary N) is 1. The zero-order valence-corrected chi connectivity index (χ0v) is 12.6. The van der Waals surface area contributed by atoms with Crippen molar-refractivity contribution in [3.63, 3.8) is 0 Å². The van der Waals surface area contributed by atoms with Gasteiger partial charge in [-0.05, 0) is 5.56 Å². The third-order valence-corrected chi connectivity index (χ3v) is 3.84. The highest BCUT2D eigenvalue weighted by Gasteiger charge is 2.34. The predicted octanol–water partition coefficient (Wildman–Crippen LogP) is 0.368. The Balaban J connectivity index is 1.58. The van der Waals surface area contributed by atoms with Gasteiger partial charge in [0, 0.05) is 24.7 Å². The number of ether oxygens (including phenoxy) is 2. The van der Waals surface area contributed by atoms with E-state index < -0.39 is 17.5 Å². The molecule has 0 saturated carbocycles. The summed E-state index contributed by atoms with van der Waals surface area (Å²) in [7, 11) is 0. The van der Waals surface area contributed by atoms with Crippen molar-refractivity contribution in [3.8, 4) is 0 Å². The molecule has 0 radical (unpaired) electrons. The van der Waals surface area contributed by atoms with Crippen molar-refractivity contribution in [1.82, 2.24) is 9.55 Å². The van der Waals surface area contributed by atoms with Crippen molar-refractivity contribution in [3.05, 3.63) is 69.0 Å². The Labute approximate surface area is 132 Å². The van der Waals surface area contributed by atoms with Gasteiger partial charge < -0.3 is 15.2 Å². The van der Waals surface area contributed by atoms with Crippen LogP contribution in [0.25, 0.3) is 0 Å². The molecule has 0 unspecified atom stereocenters. The average molecular weight is 317 g/mol. The van der Waals surface area contributed by atoms with Gasteiger partial charge in [-0.3, -0.25) is 14.3 Å². The van der Waals surface area contributed by atoms with Crippen molar-refractivity contribution in [2.75, 3.05) is 6.61 Å². The van der Waals surface area contributed by atoms with E-state index in [2.05, 4.69) is 4.98 Å². The highest BCUT2D eigenvalue weighted by molar-refractivity contribution is 5.13. The molecule has 7 nitrogen and oxygen atoms in total. The second kappa shape index (κ2) is 6.91.